The third-order valence-corrected chi connectivity index (χ3v) is 3.51. The van der Waals surface area contributed by atoms with Crippen molar-refractivity contribution >= 4 is 5.91 Å². The second kappa shape index (κ2) is 5.99. The Morgan fingerprint density at radius 2 is 2.00 bits per heavy atom. The highest BCUT2D eigenvalue weighted by Crippen LogP contribution is 2.10. The Hall–Kier alpha value is -1.65. The topological polar surface area (TPSA) is 55.2 Å². The minimum atomic E-state index is -0.149. The van der Waals surface area contributed by atoms with Crippen LogP contribution in [-0.4, -0.2) is 33.4 Å². The molecular weight excluding hydrogens is 242 g/mol. The summed E-state index contributed by atoms with van der Waals surface area (Å²) < 4.78 is 1.39. The zero-order chi connectivity index (χ0) is 13.8. The van der Waals surface area contributed by atoms with Gasteiger partial charge in [-0.2, -0.15) is 0 Å². The second-order valence-corrected chi connectivity index (χ2v) is 5.38. The monoisotopic (exact) mass is 263 g/mol. The predicted octanol–water partition coefficient (Wildman–Crippen LogP) is 1.38. The number of carbonyl (C=O) groups is 1. The lowest BCUT2D eigenvalue weighted by atomic mass is 10.1. The van der Waals surface area contributed by atoms with Gasteiger partial charge in [-0.25, -0.2) is 4.98 Å². The van der Waals surface area contributed by atoms with E-state index in [0.29, 0.717) is 0 Å². The van der Waals surface area contributed by atoms with Crippen LogP contribution in [0.2, 0.25) is 0 Å². The van der Waals surface area contributed by atoms with Crippen molar-refractivity contribution in [2.45, 2.75) is 45.6 Å². The molecule has 2 rings (SSSR count). The molecule has 2 heterocycles. The lowest BCUT2D eigenvalue weighted by molar-refractivity contribution is -0.132. The molecule has 0 unspecified atom stereocenters. The average Bonchev–Trinajstić information content (AvgIpc) is 2.41. The van der Waals surface area contributed by atoms with Crippen LogP contribution < -0.4 is 5.56 Å². The first-order valence-electron chi connectivity index (χ1n) is 6.92. The molecule has 0 aromatic carbocycles. The van der Waals surface area contributed by atoms with Crippen LogP contribution in [0.4, 0.5) is 0 Å². The summed E-state index contributed by atoms with van der Waals surface area (Å²) in [6.45, 7) is 5.70. The van der Waals surface area contributed by atoms with Gasteiger partial charge in [-0.15, -0.1) is 0 Å². The number of rotatable bonds is 3. The molecule has 0 aliphatic carbocycles. The molecule has 1 aliphatic heterocycles. The Morgan fingerprint density at radius 1 is 1.32 bits per heavy atom. The Morgan fingerprint density at radius 3 is 2.58 bits per heavy atom. The van der Waals surface area contributed by atoms with E-state index in [2.05, 4.69) is 4.98 Å². The van der Waals surface area contributed by atoms with Crippen LogP contribution in [0.5, 0.6) is 0 Å². The van der Waals surface area contributed by atoms with Crippen molar-refractivity contribution in [1.82, 2.24) is 14.5 Å². The Kier molecular flexibility index (Phi) is 4.35. The number of piperidine rings is 1. The highest BCUT2D eigenvalue weighted by Gasteiger charge is 2.17. The summed E-state index contributed by atoms with van der Waals surface area (Å²) in [5.74, 6) is 0.237. The first-order valence-corrected chi connectivity index (χ1v) is 6.92. The number of likely N-dealkylation sites (tertiary alicyclic amines) is 1. The van der Waals surface area contributed by atoms with Crippen molar-refractivity contribution in [3.63, 3.8) is 0 Å². The van der Waals surface area contributed by atoms with Crippen molar-refractivity contribution < 1.29 is 4.79 Å². The van der Waals surface area contributed by atoms with E-state index in [0.717, 1.165) is 31.6 Å². The van der Waals surface area contributed by atoms with Crippen LogP contribution in [0, 0.1) is 0 Å². The lowest BCUT2D eigenvalue weighted by Crippen LogP contribution is -2.39. The van der Waals surface area contributed by atoms with Crippen molar-refractivity contribution in [2.24, 2.45) is 0 Å². The molecule has 5 heteroatoms. The normalized spacial score (nSPS) is 15.8. The molecule has 0 atom stereocenters. The van der Waals surface area contributed by atoms with E-state index in [9.17, 15) is 9.59 Å². The molecule has 1 saturated heterocycles. The first kappa shape index (κ1) is 13.8. The van der Waals surface area contributed by atoms with Crippen LogP contribution >= 0.6 is 0 Å². The molecule has 5 nitrogen and oxygen atoms in total. The fourth-order valence-corrected chi connectivity index (χ4v) is 2.26. The van der Waals surface area contributed by atoms with Gasteiger partial charge in [0, 0.05) is 19.2 Å². The molecule has 1 aromatic rings. The fourth-order valence-electron chi connectivity index (χ4n) is 2.26. The highest BCUT2D eigenvalue weighted by atomic mass is 16.2. The molecule has 19 heavy (non-hydrogen) atoms. The number of carbonyl (C=O) groups excluding carboxylic acids is 1. The SMILES string of the molecule is CC(C)c1cc(=O)n(CC(=O)N2CCCCC2)cn1. The van der Waals surface area contributed by atoms with Gasteiger partial charge in [0.2, 0.25) is 5.91 Å². The maximum absolute atomic E-state index is 12.1. The Bertz CT molecular complexity index is 502. The van der Waals surface area contributed by atoms with E-state index in [1.165, 1.54) is 23.4 Å². The molecule has 0 saturated carbocycles. The number of nitrogens with zero attached hydrogens (tertiary/aromatic N) is 3. The maximum atomic E-state index is 12.1. The molecule has 0 spiro atoms. The molecule has 0 N–H and O–H groups in total. The molecule has 1 fully saturated rings. The largest absolute Gasteiger partial charge is 0.341 e. The minimum absolute atomic E-state index is 0.0147. The summed E-state index contributed by atoms with van der Waals surface area (Å²) in [6.07, 6.45) is 4.80. The van der Waals surface area contributed by atoms with Crippen LogP contribution in [0.15, 0.2) is 17.2 Å². The van der Waals surface area contributed by atoms with Crippen molar-refractivity contribution in [3.8, 4) is 0 Å². The van der Waals surface area contributed by atoms with Gasteiger partial charge in [-0.1, -0.05) is 13.8 Å². The molecule has 0 radical (unpaired) electrons. The van der Waals surface area contributed by atoms with E-state index < -0.39 is 0 Å². The van der Waals surface area contributed by atoms with Crippen LogP contribution in [-0.2, 0) is 11.3 Å². The van der Waals surface area contributed by atoms with Crippen LogP contribution in [0.25, 0.3) is 0 Å². The minimum Gasteiger partial charge on any atom is -0.341 e. The number of hydrogen-bond donors (Lipinski definition) is 0. The highest BCUT2D eigenvalue weighted by molar-refractivity contribution is 5.76. The molecule has 1 amide bonds. The lowest BCUT2D eigenvalue weighted by Gasteiger charge is -2.26. The zero-order valence-electron chi connectivity index (χ0n) is 11.6. The third-order valence-electron chi connectivity index (χ3n) is 3.51. The Balaban J connectivity index is 2.06. The summed E-state index contributed by atoms with van der Waals surface area (Å²) in [5.41, 5.74) is 0.621. The summed E-state index contributed by atoms with van der Waals surface area (Å²) in [6, 6.07) is 1.52. The van der Waals surface area contributed by atoms with E-state index in [4.69, 9.17) is 0 Å². The van der Waals surface area contributed by atoms with E-state index >= 15 is 0 Å². The van der Waals surface area contributed by atoms with Crippen molar-refractivity contribution in [2.75, 3.05) is 13.1 Å². The van der Waals surface area contributed by atoms with Gasteiger partial charge in [-0.3, -0.25) is 14.2 Å². The van der Waals surface area contributed by atoms with Gasteiger partial charge < -0.3 is 4.90 Å². The summed E-state index contributed by atoms with van der Waals surface area (Å²) in [5, 5.41) is 0. The Labute approximate surface area is 113 Å². The van der Waals surface area contributed by atoms with Crippen LogP contribution in [0.3, 0.4) is 0 Å². The average molecular weight is 263 g/mol. The second-order valence-electron chi connectivity index (χ2n) is 5.38. The molecule has 104 valence electrons. The summed E-state index contributed by atoms with van der Waals surface area (Å²) >= 11 is 0. The van der Waals surface area contributed by atoms with Crippen LogP contribution in [0.1, 0.15) is 44.7 Å². The van der Waals surface area contributed by atoms with E-state index in [1.807, 2.05) is 18.7 Å². The van der Waals surface area contributed by atoms with Gasteiger partial charge in [-0.05, 0) is 25.2 Å². The third kappa shape index (κ3) is 3.43. The van der Waals surface area contributed by atoms with Gasteiger partial charge >= 0.3 is 0 Å². The quantitative estimate of drug-likeness (QED) is 0.828. The van der Waals surface area contributed by atoms with Crippen molar-refractivity contribution in [3.05, 3.63) is 28.4 Å². The molecular formula is C14H21N3O2. The summed E-state index contributed by atoms with van der Waals surface area (Å²) in [4.78, 5) is 30.1. The molecule has 1 aliphatic rings. The molecule has 0 bridgehead atoms. The van der Waals surface area contributed by atoms with Gasteiger partial charge in [0.05, 0.1) is 12.0 Å². The number of amides is 1. The summed E-state index contributed by atoms with van der Waals surface area (Å²) in [7, 11) is 0. The van der Waals surface area contributed by atoms with E-state index in [1.54, 1.807) is 0 Å². The smallest absolute Gasteiger partial charge is 0.254 e. The van der Waals surface area contributed by atoms with Gasteiger partial charge in [0.15, 0.2) is 0 Å². The van der Waals surface area contributed by atoms with Gasteiger partial charge in [0.25, 0.3) is 5.56 Å². The van der Waals surface area contributed by atoms with E-state index in [-0.39, 0.29) is 23.9 Å². The van der Waals surface area contributed by atoms with Crippen molar-refractivity contribution in [1.29, 1.82) is 0 Å². The van der Waals surface area contributed by atoms with Gasteiger partial charge in [0.1, 0.15) is 6.54 Å². The zero-order valence-corrected chi connectivity index (χ0v) is 11.6. The first-order chi connectivity index (χ1) is 9.08. The predicted molar refractivity (Wildman–Crippen MR) is 73.0 cm³/mol. The fraction of sp³-hybridized carbons (Fsp3) is 0.643. The molecule has 1 aromatic heterocycles. The maximum Gasteiger partial charge on any atom is 0.254 e. The standard InChI is InChI=1S/C14H21N3O2/c1-11(2)12-8-13(18)17(10-15-12)9-14(19)16-6-4-3-5-7-16/h8,10-11H,3-7,9H2,1-2H3. The number of aromatic nitrogens is 2. The number of hydrogen-bond acceptors (Lipinski definition) is 3.